The van der Waals surface area contributed by atoms with E-state index in [9.17, 15) is 4.79 Å². The molecule has 0 saturated carbocycles. The van der Waals surface area contributed by atoms with Crippen LogP contribution in [0.25, 0.3) is 0 Å². The van der Waals surface area contributed by atoms with Gasteiger partial charge in [0, 0.05) is 12.6 Å². The van der Waals surface area contributed by atoms with Crippen molar-refractivity contribution in [1.29, 1.82) is 0 Å². The molecule has 0 aliphatic carbocycles. The molecule has 2 amide bonds. The third-order valence-electron chi connectivity index (χ3n) is 4.66. The highest BCUT2D eigenvalue weighted by Gasteiger charge is 2.12. The number of hydrogen-bond donors (Lipinski definition) is 1. The van der Waals surface area contributed by atoms with E-state index < -0.39 is 0 Å². The summed E-state index contributed by atoms with van der Waals surface area (Å²) in [7, 11) is 0. The lowest BCUT2D eigenvalue weighted by molar-refractivity contribution is 0.191. The summed E-state index contributed by atoms with van der Waals surface area (Å²) in [5.74, 6) is 0. The number of rotatable bonds is 16. The molecule has 0 unspecified atom stereocenters. The lowest BCUT2D eigenvalue weighted by atomic mass is 10.0. The van der Waals surface area contributed by atoms with E-state index in [1.165, 1.54) is 83.5 Å². The fourth-order valence-electron chi connectivity index (χ4n) is 3.10. The van der Waals surface area contributed by atoms with E-state index in [1.54, 1.807) is 4.90 Å². The lowest BCUT2D eigenvalue weighted by Gasteiger charge is -2.24. The molecule has 0 aromatic heterocycles. The zero-order chi connectivity index (χ0) is 17.3. The van der Waals surface area contributed by atoms with Crippen molar-refractivity contribution in [2.75, 3.05) is 6.54 Å². The Kier molecular flexibility index (Phi) is 15.6. The summed E-state index contributed by atoms with van der Waals surface area (Å²) in [4.78, 5) is 13.0. The van der Waals surface area contributed by atoms with Gasteiger partial charge in [-0.3, -0.25) is 0 Å². The Balaban J connectivity index is 3.23. The van der Waals surface area contributed by atoms with Crippen LogP contribution in [0, 0.1) is 0 Å². The van der Waals surface area contributed by atoms with Gasteiger partial charge in [0.15, 0.2) is 0 Å². The Morgan fingerprint density at radius 1 is 0.739 bits per heavy atom. The number of carbonyl (C=O) groups excluding carboxylic acids is 1. The summed E-state index contributed by atoms with van der Waals surface area (Å²) in [6.45, 7) is 7.13. The number of amides is 2. The fourth-order valence-corrected chi connectivity index (χ4v) is 3.10. The van der Waals surface area contributed by atoms with E-state index in [4.69, 9.17) is 5.73 Å². The molecule has 0 aromatic rings. The molecule has 2 N–H and O–H groups in total. The van der Waals surface area contributed by atoms with Crippen molar-refractivity contribution in [1.82, 2.24) is 4.90 Å². The van der Waals surface area contributed by atoms with E-state index >= 15 is 0 Å². The van der Waals surface area contributed by atoms with Crippen LogP contribution in [0.3, 0.4) is 0 Å². The van der Waals surface area contributed by atoms with Gasteiger partial charge in [-0.15, -0.1) is 0 Å². The van der Waals surface area contributed by atoms with Crippen LogP contribution < -0.4 is 5.73 Å². The third-order valence-corrected chi connectivity index (χ3v) is 4.66. The first-order chi connectivity index (χ1) is 11.1. The van der Waals surface area contributed by atoms with Crippen LogP contribution in [0.1, 0.15) is 111 Å². The quantitative estimate of drug-likeness (QED) is 0.334. The fraction of sp³-hybridized carbons (Fsp3) is 0.950. The smallest absolute Gasteiger partial charge is 0.315 e. The van der Waals surface area contributed by atoms with Gasteiger partial charge in [0.1, 0.15) is 0 Å². The highest BCUT2D eigenvalue weighted by molar-refractivity contribution is 5.72. The first-order valence-electron chi connectivity index (χ1n) is 10.2. The molecule has 0 fully saturated rings. The summed E-state index contributed by atoms with van der Waals surface area (Å²) in [5.41, 5.74) is 5.38. The van der Waals surface area contributed by atoms with Gasteiger partial charge in [0.2, 0.25) is 0 Å². The van der Waals surface area contributed by atoms with Crippen LogP contribution in [0.5, 0.6) is 0 Å². The van der Waals surface area contributed by atoms with Gasteiger partial charge in [0.25, 0.3) is 0 Å². The van der Waals surface area contributed by atoms with Crippen molar-refractivity contribution in [3.8, 4) is 0 Å². The normalized spacial score (nSPS) is 11.1. The Bertz CT molecular complexity index is 266. The van der Waals surface area contributed by atoms with E-state index in [0.29, 0.717) is 0 Å². The van der Waals surface area contributed by atoms with Gasteiger partial charge in [0.05, 0.1) is 0 Å². The summed E-state index contributed by atoms with van der Waals surface area (Å²) in [6, 6.07) is -0.0656. The minimum atomic E-state index is -0.283. The molecule has 3 heteroatoms. The second kappa shape index (κ2) is 16.1. The number of primary amides is 1. The van der Waals surface area contributed by atoms with Crippen molar-refractivity contribution >= 4 is 6.03 Å². The van der Waals surface area contributed by atoms with Gasteiger partial charge in [-0.2, -0.15) is 0 Å². The van der Waals surface area contributed by atoms with Gasteiger partial charge in [-0.25, -0.2) is 4.79 Å². The maximum Gasteiger partial charge on any atom is 0.315 e. The van der Waals surface area contributed by atoms with Gasteiger partial charge in [-0.05, 0) is 20.3 Å². The Morgan fingerprint density at radius 3 is 1.39 bits per heavy atom. The Hall–Kier alpha value is -0.730. The Labute approximate surface area is 145 Å². The zero-order valence-electron chi connectivity index (χ0n) is 16.1. The topological polar surface area (TPSA) is 46.3 Å². The summed E-state index contributed by atoms with van der Waals surface area (Å²) in [6.07, 6.45) is 19.0. The number of hydrogen-bond acceptors (Lipinski definition) is 1. The average molecular weight is 327 g/mol. The second-order valence-electron chi connectivity index (χ2n) is 7.22. The molecule has 138 valence electrons. The molecule has 0 saturated heterocycles. The predicted octanol–water partition coefficient (Wildman–Crippen LogP) is 6.26. The molecule has 0 bridgehead atoms. The van der Waals surface area contributed by atoms with Crippen molar-refractivity contribution in [2.45, 2.75) is 117 Å². The van der Waals surface area contributed by atoms with Crippen LogP contribution >= 0.6 is 0 Å². The second-order valence-corrected chi connectivity index (χ2v) is 7.22. The highest BCUT2D eigenvalue weighted by Crippen LogP contribution is 2.13. The predicted molar refractivity (Wildman–Crippen MR) is 102 cm³/mol. The standard InChI is InChI=1S/C20H42N2O/c1-4-5-6-7-8-9-10-11-12-13-14-15-16-17-18-22(19(2)3)20(21)23/h19H,4-18H2,1-3H3,(H2,21,23). The van der Waals surface area contributed by atoms with E-state index in [1.807, 2.05) is 13.8 Å². The van der Waals surface area contributed by atoms with Gasteiger partial charge in [-0.1, -0.05) is 90.4 Å². The number of unbranched alkanes of at least 4 members (excludes halogenated alkanes) is 13. The summed E-state index contributed by atoms with van der Waals surface area (Å²) < 4.78 is 0. The molecule has 0 aromatic carbocycles. The molecule has 0 aliphatic heterocycles. The molecular weight excluding hydrogens is 284 g/mol. The minimum absolute atomic E-state index is 0.217. The van der Waals surface area contributed by atoms with E-state index in [2.05, 4.69) is 6.92 Å². The average Bonchev–Trinajstić information content (AvgIpc) is 2.50. The number of nitrogens with zero attached hydrogens (tertiary/aromatic N) is 1. The molecule has 0 aliphatic rings. The lowest BCUT2D eigenvalue weighted by Crippen LogP contribution is -2.41. The van der Waals surface area contributed by atoms with Crippen molar-refractivity contribution in [3.63, 3.8) is 0 Å². The highest BCUT2D eigenvalue weighted by atomic mass is 16.2. The molecule has 0 spiro atoms. The van der Waals surface area contributed by atoms with Crippen LogP contribution in [-0.4, -0.2) is 23.5 Å². The van der Waals surface area contributed by atoms with Crippen molar-refractivity contribution < 1.29 is 4.79 Å². The van der Waals surface area contributed by atoms with Gasteiger partial charge < -0.3 is 10.6 Å². The monoisotopic (exact) mass is 326 g/mol. The maximum atomic E-state index is 11.3. The molecular formula is C20H42N2O. The molecule has 0 atom stereocenters. The number of nitrogens with two attached hydrogens (primary N) is 1. The van der Waals surface area contributed by atoms with Crippen LogP contribution in [0.2, 0.25) is 0 Å². The molecule has 23 heavy (non-hydrogen) atoms. The first-order valence-corrected chi connectivity index (χ1v) is 10.2. The maximum absolute atomic E-state index is 11.3. The zero-order valence-corrected chi connectivity index (χ0v) is 16.1. The summed E-state index contributed by atoms with van der Waals surface area (Å²) in [5, 5.41) is 0. The van der Waals surface area contributed by atoms with Crippen molar-refractivity contribution in [3.05, 3.63) is 0 Å². The van der Waals surface area contributed by atoms with Crippen LogP contribution in [0.4, 0.5) is 4.79 Å². The van der Waals surface area contributed by atoms with E-state index in [-0.39, 0.29) is 12.1 Å². The van der Waals surface area contributed by atoms with Crippen LogP contribution in [0.15, 0.2) is 0 Å². The largest absolute Gasteiger partial charge is 0.351 e. The first kappa shape index (κ1) is 22.3. The molecule has 0 radical (unpaired) electrons. The minimum Gasteiger partial charge on any atom is -0.351 e. The SMILES string of the molecule is CCCCCCCCCCCCCCCCN(C(N)=O)C(C)C. The third kappa shape index (κ3) is 14.6. The van der Waals surface area contributed by atoms with Gasteiger partial charge >= 0.3 is 6.03 Å². The molecule has 0 heterocycles. The van der Waals surface area contributed by atoms with Crippen molar-refractivity contribution in [2.24, 2.45) is 5.73 Å². The number of carbonyl (C=O) groups is 1. The summed E-state index contributed by atoms with van der Waals surface area (Å²) >= 11 is 0. The van der Waals surface area contributed by atoms with Crippen LogP contribution in [-0.2, 0) is 0 Å². The molecule has 3 nitrogen and oxygen atoms in total. The van der Waals surface area contributed by atoms with E-state index in [0.717, 1.165) is 13.0 Å². The molecule has 0 rings (SSSR count). The number of urea groups is 1. The Morgan fingerprint density at radius 2 is 1.09 bits per heavy atom.